The number of pyridine rings is 1. The van der Waals surface area contributed by atoms with E-state index in [9.17, 15) is 14.0 Å². The number of nitrogens with zero attached hydrogens (tertiary/aromatic N) is 4. The normalized spacial score (nSPS) is 11.0. The molecule has 0 radical (unpaired) electrons. The molecule has 0 aliphatic heterocycles. The number of aromatic amines is 1. The highest BCUT2D eigenvalue weighted by molar-refractivity contribution is 5.89. The van der Waals surface area contributed by atoms with Crippen LogP contribution in [0.5, 0.6) is 0 Å². The monoisotopic (exact) mass is 407 g/mol. The van der Waals surface area contributed by atoms with Crippen LogP contribution in [0.25, 0.3) is 22.6 Å². The number of esters is 1. The fraction of sp³-hybridized carbons (Fsp3) is 0.190. The number of aromatic nitrogens is 5. The fourth-order valence-electron chi connectivity index (χ4n) is 3.12. The Balaban J connectivity index is 1.73. The highest BCUT2D eigenvalue weighted by Crippen LogP contribution is 2.24. The van der Waals surface area contributed by atoms with Gasteiger partial charge in [0.15, 0.2) is 11.5 Å². The second-order valence-corrected chi connectivity index (χ2v) is 6.54. The smallest absolute Gasteiger partial charge is 0.310 e. The van der Waals surface area contributed by atoms with Gasteiger partial charge in [-0.05, 0) is 25.1 Å². The van der Waals surface area contributed by atoms with Gasteiger partial charge >= 0.3 is 5.97 Å². The van der Waals surface area contributed by atoms with Gasteiger partial charge in [-0.1, -0.05) is 18.2 Å². The molecule has 9 heteroatoms. The maximum Gasteiger partial charge on any atom is 0.310 e. The second kappa shape index (κ2) is 8.24. The van der Waals surface area contributed by atoms with Gasteiger partial charge in [0, 0.05) is 23.5 Å². The number of fused-ring (bicyclic) bond motifs is 1. The molecule has 0 spiro atoms. The molecule has 1 N–H and O–H groups in total. The Hall–Kier alpha value is -3.88. The molecule has 152 valence electrons. The standard InChI is InChI=1S/C21H18FN5O3/c1-2-30-17(28)10-14-11-24-19(25-21(14)29)18-15-7-5-9-23-20(15)27(26-18)12-13-6-3-4-8-16(13)22/h3-9,11H,2,10,12H2,1H3,(H,24,25,29). The molecule has 0 unspecified atom stereocenters. The molecule has 3 aromatic heterocycles. The zero-order valence-corrected chi connectivity index (χ0v) is 16.1. The summed E-state index contributed by atoms with van der Waals surface area (Å²) in [5.74, 6) is -0.604. The summed E-state index contributed by atoms with van der Waals surface area (Å²) >= 11 is 0. The maximum atomic E-state index is 14.1. The van der Waals surface area contributed by atoms with Gasteiger partial charge in [-0.2, -0.15) is 5.10 Å². The molecule has 0 saturated carbocycles. The van der Waals surface area contributed by atoms with E-state index in [1.165, 1.54) is 12.3 Å². The van der Waals surface area contributed by atoms with Crippen LogP contribution in [0.2, 0.25) is 0 Å². The van der Waals surface area contributed by atoms with Gasteiger partial charge in [-0.3, -0.25) is 9.59 Å². The second-order valence-electron chi connectivity index (χ2n) is 6.54. The first-order valence-electron chi connectivity index (χ1n) is 9.36. The Labute approximate surface area is 170 Å². The molecule has 0 amide bonds. The van der Waals surface area contributed by atoms with Crippen molar-refractivity contribution >= 4 is 17.0 Å². The third-order valence-corrected chi connectivity index (χ3v) is 4.52. The van der Waals surface area contributed by atoms with Gasteiger partial charge in [0.05, 0.1) is 25.0 Å². The Bertz CT molecular complexity index is 1280. The van der Waals surface area contributed by atoms with Crippen LogP contribution in [0.1, 0.15) is 18.1 Å². The van der Waals surface area contributed by atoms with Gasteiger partial charge in [-0.25, -0.2) is 19.0 Å². The van der Waals surface area contributed by atoms with Gasteiger partial charge in [0.25, 0.3) is 5.56 Å². The molecule has 4 aromatic rings. The van der Waals surface area contributed by atoms with E-state index in [4.69, 9.17) is 4.74 Å². The van der Waals surface area contributed by atoms with E-state index in [-0.39, 0.29) is 36.8 Å². The summed E-state index contributed by atoms with van der Waals surface area (Å²) in [5, 5.41) is 5.18. The van der Waals surface area contributed by atoms with E-state index in [1.54, 1.807) is 48.1 Å². The van der Waals surface area contributed by atoms with Crippen LogP contribution in [0.15, 0.2) is 53.6 Å². The first-order valence-corrected chi connectivity index (χ1v) is 9.36. The van der Waals surface area contributed by atoms with E-state index in [0.717, 1.165) is 0 Å². The molecule has 0 aliphatic carbocycles. The largest absolute Gasteiger partial charge is 0.466 e. The van der Waals surface area contributed by atoms with Crippen LogP contribution in [0.3, 0.4) is 0 Å². The van der Waals surface area contributed by atoms with Crippen LogP contribution >= 0.6 is 0 Å². The summed E-state index contributed by atoms with van der Waals surface area (Å²) in [6, 6.07) is 9.98. The van der Waals surface area contributed by atoms with Crippen molar-refractivity contribution in [2.45, 2.75) is 19.9 Å². The summed E-state index contributed by atoms with van der Waals surface area (Å²) in [5.41, 5.74) is 1.16. The molecule has 8 nitrogen and oxygen atoms in total. The van der Waals surface area contributed by atoms with Crippen molar-refractivity contribution in [1.29, 1.82) is 0 Å². The Kier molecular flexibility index (Phi) is 5.34. The molecule has 3 heterocycles. The van der Waals surface area contributed by atoms with E-state index in [0.29, 0.717) is 22.3 Å². The van der Waals surface area contributed by atoms with Crippen LogP contribution < -0.4 is 5.56 Å². The van der Waals surface area contributed by atoms with Crippen molar-refractivity contribution in [2.24, 2.45) is 0 Å². The molecule has 4 rings (SSSR count). The topological polar surface area (TPSA) is 103 Å². The molecule has 0 saturated heterocycles. The lowest BCUT2D eigenvalue weighted by atomic mass is 10.2. The van der Waals surface area contributed by atoms with Crippen LogP contribution in [-0.2, 0) is 22.5 Å². The number of H-pyrrole nitrogens is 1. The molecular formula is C21H18FN5O3. The van der Waals surface area contributed by atoms with Crippen LogP contribution in [0, 0.1) is 5.82 Å². The van der Waals surface area contributed by atoms with E-state index in [2.05, 4.69) is 20.1 Å². The predicted molar refractivity (Wildman–Crippen MR) is 107 cm³/mol. The van der Waals surface area contributed by atoms with E-state index >= 15 is 0 Å². The lowest BCUT2D eigenvalue weighted by molar-refractivity contribution is -0.142. The van der Waals surface area contributed by atoms with Crippen molar-refractivity contribution in [3.63, 3.8) is 0 Å². The minimum absolute atomic E-state index is 0.166. The average Bonchev–Trinajstić information content (AvgIpc) is 3.10. The molecule has 0 atom stereocenters. The van der Waals surface area contributed by atoms with Gasteiger partial charge < -0.3 is 9.72 Å². The van der Waals surface area contributed by atoms with Crippen molar-refractivity contribution in [3.8, 4) is 11.5 Å². The Morgan fingerprint density at radius 2 is 2.00 bits per heavy atom. The third-order valence-electron chi connectivity index (χ3n) is 4.52. The number of hydrogen-bond donors (Lipinski definition) is 1. The third kappa shape index (κ3) is 3.82. The molecule has 1 aromatic carbocycles. The molecular weight excluding hydrogens is 389 g/mol. The number of carbonyl (C=O) groups excluding carboxylic acids is 1. The molecule has 30 heavy (non-hydrogen) atoms. The summed E-state index contributed by atoms with van der Waals surface area (Å²) in [7, 11) is 0. The van der Waals surface area contributed by atoms with Crippen LogP contribution in [-0.4, -0.2) is 37.3 Å². The van der Waals surface area contributed by atoms with Gasteiger partial charge in [0.2, 0.25) is 0 Å². The summed E-state index contributed by atoms with van der Waals surface area (Å²) in [6.07, 6.45) is 2.79. The summed E-state index contributed by atoms with van der Waals surface area (Å²) in [4.78, 5) is 35.4. The highest BCUT2D eigenvalue weighted by Gasteiger charge is 2.17. The van der Waals surface area contributed by atoms with Crippen molar-refractivity contribution in [2.75, 3.05) is 6.61 Å². The first-order chi connectivity index (χ1) is 14.6. The SMILES string of the molecule is CCOC(=O)Cc1cnc(-c2nn(Cc3ccccc3F)c3ncccc23)[nH]c1=O. The minimum Gasteiger partial charge on any atom is -0.466 e. The zero-order chi connectivity index (χ0) is 21.1. The molecule has 0 aliphatic rings. The zero-order valence-electron chi connectivity index (χ0n) is 16.1. The predicted octanol–water partition coefficient (Wildman–Crippen LogP) is 2.47. The average molecular weight is 407 g/mol. The summed E-state index contributed by atoms with van der Waals surface area (Å²) < 4.78 is 20.5. The van der Waals surface area contributed by atoms with Crippen LogP contribution in [0.4, 0.5) is 4.39 Å². The fourth-order valence-corrected chi connectivity index (χ4v) is 3.12. The number of carbonyl (C=O) groups is 1. The quantitative estimate of drug-likeness (QED) is 0.493. The van der Waals surface area contributed by atoms with Gasteiger partial charge in [0.1, 0.15) is 11.5 Å². The lowest BCUT2D eigenvalue weighted by Gasteiger charge is -2.04. The number of rotatable bonds is 6. The highest BCUT2D eigenvalue weighted by atomic mass is 19.1. The number of nitrogens with one attached hydrogen (secondary N) is 1. The van der Waals surface area contributed by atoms with Crippen molar-refractivity contribution < 1.29 is 13.9 Å². The number of hydrogen-bond acceptors (Lipinski definition) is 6. The lowest BCUT2D eigenvalue weighted by Crippen LogP contribution is -2.19. The van der Waals surface area contributed by atoms with E-state index < -0.39 is 11.5 Å². The van der Waals surface area contributed by atoms with Crippen molar-refractivity contribution in [3.05, 3.63) is 76.1 Å². The molecule has 0 bridgehead atoms. The summed E-state index contributed by atoms with van der Waals surface area (Å²) in [6.45, 7) is 2.10. The Morgan fingerprint density at radius 1 is 1.17 bits per heavy atom. The number of benzene rings is 1. The first kappa shape index (κ1) is 19.4. The minimum atomic E-state index is -0.499. The van der Waals surface area contributed by atoms with Gasteiger partial charge in [-0.15, -0.1) is 0 Å². The number of ether oxygens (including phenoxy) is 1. The number of halogens is 1. The molecule has 0 fully saturated rings. The van der Waals surface area contributed by atoms with E-state index in [1.807, 2.05) is 0 Å². The van der Waals surface area contributed by atoms with Crippen molar-refractivity contribution in [1.82, 2.24) is 24.7 Å². The Morgan fingerprint density at radius 3 is 2.77 bits per heavy atom. The maximum absolute atomic E-state index is 14.1.